The van der Waals surface area contributed by atoms with Crippen LogP contribution in [0.1, 0.15) is 111 Å². The lowest BCUT2D eigenvalue weighted by molar-refractivity contribution is -0.160. The monoisotopic (exact) mass is 791 g/mol. The second-order valence-corrected chi connectivity index (χ2v) is 20.4. The Morgan fingerprint density at radius 2 is 1.88 bits per heavy atom. The molecule has 1 saturated heterocycles. The standard InChI is InChI=1S/C43H57N3O9S/c1-7-27-20-26(2)10-8-9-11-29-23-43(29,40(50)45-56(51,52)42(6)16-17-42)24-35(47)34-21-30(25-46(34)39(49)33(27)22-36(48)55-41(3,4)5)54-38-32-13-12-28-15-19-53-37(28)31(32)14-18-44-38/h9,11-14,18,26-27,29-30,33-34H,7-8,10,15-17,19-25H2,1-6H3,(H,45,50)/b11-9-/t26-,27+,29+,30+,33-,34-,43+/m0/s1. The summed E-state index contributed by atoms with van der Waals surface area (Å²) in [6.07, 6.45) is 9.78. The molecule has 2 amide bonds. The molecule has 2 aliphatic carbocycles. The van der Waals surface area contributed by atoms with Crippen LogP contribution in [0.4, 0.5) is 0 Å². The minimum atomic E-state index is -3.95. The highest BCUT2D eigenvalue weighted by atomic mass is 32.2. The van der Waals surface area contributed by atoms with Crippen molar-refractivity contribution in [2.24, 2.45) is 29.1 Å². The minimum Gasteiger partial charge on any atom is -0.492 e. The van der Waals surface area contributed by atoms with E-state index in [4.69, 9.17) is 14.2 Å². The predicted molar refractivity (Wildman–Crippen MR) is 210 cm³/mol. The van der Waals surface area contributed by atoms with Gasteiger partial charge in [0.2, 0.25) is 27.7 Å². The Bertz CT molecular complexity index is 2040. The molecule has 0 bridgehead atoms. The number of esters is 1. The van der Waals surface area contributed by atoms with Gasteiger partial charge in [0.05, 0.1) is 41.7 Å². The van der Waals surface area contributed by atoms with Crippen LogP contribution in [0.5, 0.6) is 11.6 Å². The lowest BCUT2D eigenvalue weighted by Gasteiger charge is -2.33. The van der Waals surface area contributed by atoms with E-state index in [-0.39, 0.29) is 55.3 Å². The number of Topliss-reactive ketones (excluding diaryl/α,β-unsaturated/α-hetero) is 1. The molecular formula is C43H57N3O9S. The molecular weight excluding hydrogens is 735 g/mol. The molecule has 13 heteroatoms. The van der Waals surface area contributed by atoms with Crippen LogP contribution in [0.3, 0.4) is 0 Å². The summed E-state index contributed by atoms with van der Waals surface area (Å²) >= 11 is 0. The summed E-state index contributed by atoms with van der Waals surface area (Å²) in [5.74, 6) is -1.65. The Morgan fingerprint density at radius 3 is 2.59 bits per heavy atom. The Morgan fingerprint density at radius 1 is 1.11 bits per heavy atom. The third-order valence-electron chi connectivity index (χ3n) is 12.8. The molecule has 56 heavy (non-hydrogen) atoms. The smallest absolute Gasteiger partial charge is 0.307 e. The zero-order valence-corrected chi connectivity index (χ0v) is 34.4. The van der Waals surface area contributed by atoms with Crippen LogP contribution < -0.4 is 14.2 Å². The van der Waals surface area contributed by atoms with Crippen LogP contribution in [0, 0.1) is 29.1 Å². The van der Waals surface area contributed by atoms with Crippen molar-refractivity contribution in [2.45, 2.75) is 135 Å². The number of hydrogen-bond acceptors (Lipinski definition) is 10. The van der Waals surface area contributed by atoms with E-state index in [9.17, 15) is 22.8 Å². The number of benzene rings is 1. The summed E-state index contributed by atoms with van der Waals surface area (Å²) in [6, 6.07) is 4.88. The van der Waals surface area contributed by atoms with Crippen molar-refractivity contribution in [2.75, 3.05) is 13.2 Å². The summed E-state index contributed by atoms with van der Waals surface area (Å²) < 4.78 is 46.1. The van der Waals surface area contributed by atoms with Gasteiger partial charge < -0.3 is 19.1 Å². The fraction of sp³-hybridized carbons (Fsp3) is 0.651. The fourth-order valence-corrected chi connectivity index (χ4v) is 10.4. The minimum absolute atomic E-state index is 0.0703. The molecule has 0 radical (unpaired) electrons. The zero-order valence-electron chi connectivity index (χ0n) is 33.6. The van der Waals surface area contributed by atoms with E-state index in [2.05, 4.69) is 16.6 Å². The van der Waals surface area contributed by atoms with E-state index in [0.29, 0.717) is 44.6 Å². The van der Waals surface area contributed by atoms with E-state index >= 15 is 4.79 Å². The number of hydrogen-bond donors (Lipinski definition) is 1. The number of fused-ring (bicyclic) bond motifs is 5. The molecule has 3 aliphatic heterocycles. The number of sulfonamides is 1. The summed E-state index contributed by atoms with van der Waals surface area (Å²) in [7, 11) is -3.95. The first kappa shape index (κ1) is 40.2. The topological polar surface area (TPSA) is 158 Å². The first-order chi connectivity index (χ1) is 26.4. The van der Waals surface area contributed by atoms with Gasteiger partial charge >= 0.3 is 5.97 Å². The van der Waals surface area contributed by atoms with Gasteiger partial charge in [0.25, 0.3) is 0 Å². The van der Waals surface area contributed by atoms with Crippen molar-refractivity contribution in [3.05, 3.63) is 42.1 Å². The number of nitrogens with zero attached hydrogens (tertiary/aromatic N) is 2. The normalized spacial score (nSPS) is 30.9. The second kappa shape index (κ2) is 15.1. The third kappa shape index (κ3) is 8.07. The number of carbonyl (C=O) groups is 4. The predicted octanol–water partition coefficient (Wildman–Crippen LogP) is 6.23. The highest BCUT2D eigenvalue weighted by Crippen LogP contribution is 2.58. The molecule has 1 aromatic carbocycles. The number of amides is 2. The van der Waals surface area contributed by atoms with Crippen LogP contribution in [-0.4, -0.2) is 77.5 Å². The van der Waals surface area contributed by atoms with Gasteiger partial charge in [0, 0.05) is 36.2 Å². The van der Waals surface area contributed by atoms with Crippen LogP contribution in [0.2, 0.25) is 0 Å². The number of pyridine rings is 1. The number of ether oxygens (including phenoxy) is 3. The fourth-order valence-electron chi connectivity index (χ4n) is 9.03. The van der Waals surface area contributed by atoms with Crippen LogP contribution in [-0.2, 0) is 40.4 Å². The van der Waals surface area contributed by atoms with E-state index in [1.807, 2.05) is 37.3 Å². The summed E-state index contributed by atoms with van der Waals surface area (Å²) in [5, 5.41) is 1.63. The molecule has 7 rings (SSSR count). The highest BCUT2D eigenvalue weighted by molar-refractivity contribution is 7.91. The van der Waals surface area contributed by atoms with Gasteiger partial charge in [-0.05, 0) is 102 Å². The zero-order chi connectivity index (χ0) is 40.2. The van der Waals surface area contributed by atoms with E-state index in [0.717, 1.165) is 41.3 Å². The summed E-state index contributed by atoms with van der Waals surface area (Å²) in [6.45, 7) is 11.8. The lowest BCUT2D eigenvalue weighted by atomic mass is 9.79. The van der Waals surface area contributed by atoms with Crippen molar-refractivity contribution >= 4 is 44.4 Å². The summed E-state index contributed by atoms with van der Waals surface area (Å²) in [5.41, 5.74) is -0.896. The Balaban J connectivity index is 1.24. The lowest BCUT2D eigenvalue weighted by Crippen LogP contribution is -2.48. The molecule has 12 nitrogen and oxygen atoms in total. The molecule has 7 atom stereocenters. The molecule has 304 valence electrons. The van der Waals surface area contributed by atoms with Crippen molar-refractivity contribution < 1.29 is 41.8 Å². The van der Waals surface area contributed by atoms with Crippen LogP contribution in [0.25, 0.3) is 10.8 Å². The number of ketones is 1. The average molecular weight is 792 g/mol. The number of carbonyl (C=O) groups excluding carboxylic acids is 4. The van der Waals surface area contributed by atoms with Crippen LogP contribution in [0.15, 0.2) is 36.5 Å². The SMILES string of the molecule is CC[C@@H]1C[C@@H](C)CC/C=C\[C@@H]2C[C@@]2(C(=O)NS(=O)(=O)C2(C)CC2)CC(=O)[C@@H]2C[C@@H](Oc3nccc4c5c(ccc34)CCO5)CN2C(=O)[C@H]1CC(=O)OC(C)(C)C. The molecule has 4 heterocycles. The Labute approximate surface area is 330 Å². The van der Waals surface area contributed by atoms with Gasteiger partial charge in [-0.1, -0.05) is 38.5 Å². The Kier molecular flexibility index (Phi) is 10.8. The maximum atomic E-state index is 15.0. The number of nitrogens with one attached hydrogen (secondary N) is 1. The van der Waals surface area contributed by atoms with Gasteiger partial charge in [0.1, 0.15) is 17.5 Å². The first-order valence-electron chi connectivity index (χ1n) is 20.4. The second-order valence-electron chi connectivity index (χ2n) is 18.3. The third-order valence-corrected chi connectivity index (χ3v) is 14.9. The van der Waals surface area contributed by atoms with Crippen molar-refractivity contribution in [1.29, 1.82) is 0 Å². The van der Waals surface area contributed by atoms with Gasteiger partial charge in [0.15, 0.2) is 5.78 Å². The summed E-state index contributed by atoms with van der Waals surface area (Å²) in [4.78, 5) is 63.4. The molecule has 1 aromatic heterocycles. The van der Waals surface area contributed by atoms with Gasteiger partial charge in [-0.2, -0.15) is 0 Å². The average Bonchev–Trinajstić information content (AvgIpc) is 3.91. The molecule has 5 aliphatic rings. The Hall–Kier alpha value is -4.00. The number of rotatable bonds is 8. The maximum Gasteiger partial charge on any atom is 0.307 e. The molecule has 2 aromatic rings. The molecule has 1 N–H and O–H groups in total. The van der Waals surface area contributed by atoms with Crippen molar-refractivity contribution in [3.63, 3.8) is 0 Å². The first-order valence-corrected chi connectivity index (χ1v) is 21.9. The largest absolute Gasteiger partial charge is 0.492 e. The van der Waals surface area contributed by atoms with Crippen molar-refractivity contribution in [1.82, 2.24) is 14.6 Å². The van der Waals surface area contributed by atoms with E-state index < -0.39 is 55.7 Å². The molecule has 2 saturated carbocycles. The number of aromatic nitrogens is 1. The van der Waals surface area contributed by atoms with E-state index in [1.54, 1.807) is 38.8 Å². The van der Waals surface area contributed by atoms with Crippen molar-refractivity contribution in [3.8, 4) is 11.6 Å². The van der Waals surface area contributed by atoms with Gasteiger partial charge in [-0.3, -0.25) is 23.9 Å². The molecule has 0 unspecified atom stereocenters. The molecule has 0 spiro atoms. The highest BCUT2D eigenvalue weighted by Gasteiger charge is 2.62. The molecule has 3 fully saturated rings. The van der Waals surface area contributed by atoms with E-state index in [1.165, 1.54) is 0 Å². The quantitative estimate of drug-likeness (QED) is 0.240. The van der Waals surface area contributed by atoms with Gasteiger partial charge in [-0.15, -0.1) is 0 Å². The number of allylic oxidation sites excluding steroid dienone is 2. The maximum absolute atomic E-state index is 15.0. The van der Waals surface area contributed by atoms with Gasteiger partial charge in [-0.25, -0.2) is 13.4 Å². The van der Waals surface area contributed by atoms with Crippen LogP contribution >= 0.6 is 0 Å².